The number of amides is 1. The highest BCUT2D eigenvalue weighted by Crippen LogP contribution is 2.13. The second-order valence-electron chi connectivity index (χ2n) is 6.69. The normalized spacial score (nSPS) is 13.9. The van der Waals surface area contributed by atoms with E-state index in [9.17, 15) is 18.0 Å². The van der Waals surface area contributed by atoms with Gasteiger partial charge in [0.2, 0.25) is 10.0 Å². The van der Waals surface area contributed by atoms with E-state index >= 15 is 0 Å². The van der Waals surface area contributed by atoms with Crippen LogP contribution in [-0.2, 0) is 24.3 Å². The third-order valence-corrected chi connectivity index (χ3v) is 5.12. The first kappa shape index (κ1) is 23.1. The van der Waals surface area contributed by atoms with Crippen molar-refractivity contribution in [3.05, 3.63) is 29.8 Å². The minimum atomic E-state index is -3.72. The Kier molecular flexibility index (Phi) is 8.87. The molecule has 27 heavy (non-hydrogen) atoms. The minimum Gasteiger partial charge on any atom is -0.449 e. The van der Waals surface area contributed by atoms with Gasteiger partial charge < -0.3 is 14.8 Å². The van der Waals surface area contributed by atoms with Crippen molar-refractivity contribution in [3.63, 3.8) is 0 Å². The summed E-state index contributed by atoms with van der Waals surface area (Å²) in [5.41, 5.74) is 0.155. The number of ether oxygens (including phenoxy) is 2. The van der Waals surface area contributed by atoms with Crippen molar-refractivity contribution in [3.8, 4) is 0 Å². The third kappa shape index (κ3) is 7.66. The lowest BCUT2D eigenvalue weighted by molar-refractivity contribution is -0.129. The third-order valence-electron chi connectivity index (χ3n) is 3.51. The van der Waals surface area contributed by atoms with E-state index in [1.54, 1.807) is 6.92 Å². The van der Waals surface area contributed by atoms with Crippen molar-refractivity contribution < 1.29 is 27.5 Å². The molecule has 0 saturated heterocycles. The van der Waals surface area contributed by atoms with Crippen LogP contribution in [0.25, 0.3) is 0 Å². The molecule has 0 aliphatic carbocycles. The van der Waals surface area contributed by atoms with Crippen LogP contribution in [0.2, 0.25) is 0 Å². The van der Waals surface area contributed by atoms with Crippen molar-refractivity contribution in [2.75, 3.05) is 20.3 Å². The fraction of sp³-hybridized carbons (Fsp3) is 0.556. The Labute approximate surface area is 160 Å². The van der Waals surface area contributed by atoms with Crippen molar-refractivity contribution in [2.45, 2.75) is 44.7 Å². The van der Waals surface area contributed by atoms with E-state index in [4.69, 9.17) is 9.47 Å². The van der Waals surface area contributed by atoms with Gasteiger partial charge in [-0.15, -0.1) is 0 Å². The highest BCUT2D eigenvalue weighted by atomic mass is 32.2. The van der Waals surface area contributed by atoms with E-state index < -0.39 is 28.1 Å². The molecule has 1 aromatic carbocycles. The summed E-state index contributed by atoms with van der Waals surface area (Å²) in [6.45, 7) is 7.79. The van der Waals surface area contributed by atoms with Gasteiger partial charge in [-0.05, 0) is 44.0 Å². The van der Waals surface area contributed by atoms with Crippen molar-refractivity contribution in [1.82, 2.24) is 10.0 Å². The molecule has 8 nitrogen and oxygen atoms in total. The molecule has 0 spiro atoms. The molecule has 1 amide bonds. The second kappa shape index (κ2) is 10.4. The number of hydrogen-bond donors (Lipinski definition) is 2. The molecular formula is C18H28N2O6S. The molecule has 0 fully saturated rings. The molecule has 0 radical (unpaired) electrons. The lowest BCUT2D eigenvalue weighted by Crippen LogP contribution is -2.37. The highest BCUT2D eigenvalue weighted by Gasteiger charge is 2.21. The average Bonchev–Trinajstić information content (AvgIpc) is 2.59. The summed E-state index contributed by atoms with van der Waals surface area (Å²) in [4.78, 5) is 24.0. The number of methoxy groups -OCH3 is 1. The van der Waals surface area contributed by atoms with Gasteiger partial charge in [-0.1, -0.05) is 13.8 Å². The standard InChI is InChI=1S/C18H28N2O6S/c1-12(2)10-19-17(21)14(4)26-18(22)15-6-8-16(9-7-15)27(23,24)20-13(3)11-25-5/h6-9,12-14,20H,10-11H2,1-5H3,(H,19,21)/t13-,14-/m0/s1. The van der Waals surface area contributed by atoms with Crippen molar-refractivity contribution >= 4 is 21.9 Å². The first-order valence-corrected chi connectivity index (χ1v) is 10.1. The molecule has 0 bridgehead atoms. The Balaban J connectivity index is 2.72. The van der Waals surface area contributed by atoms with E-state index in [-0.39, 0.29) is 28.9 Å². The average molecular weight is 400 g/mol. The van der Waals surface area contributed by atoms with E-state index in [2.05, 4.69) is 10.0 Å². The molecule has 152 valence electrons. The zero-order valence-electron chi connectivity index (χ0n) is 16.3. The predicted octanol–water partition coefficient (Wildman–Crippen LogP) is 1.32. The summed E-state index contributed by atoms with van der Waals surface area (Å²) in [5, 5.41) is 2.68. The van der Waals surface area contributed by atoms with Gasteiger partial charge in [-0.2, -0.15) is 0 Å². The van der Waals surface area contributed by atoms with Gasteiger partial charge in [0.05, 0.1) is 17.1 Å². The lowest BCUT2D eigenvalue weighted by Gasteiger charge is -2.15. The molecule has 1 rings (SSSR count). The van der Waals surface area contributed by atoms with E-state index in [1.165, 1.54) is 38.3 Å². The maximum Gasteiger partial charge on any atom is 0.338 e. The number of carbonyl (C=O) groups is 2. The van der Waals surface area contributed by atoms with Gasteiger partial charge in [0, 0.05) is 19.7 Å². The first-order chi connectivity index (χ1) is 12.6. The quantitative estimate of drug-likeness (QED) is 0.573. The van der Waals surface area contributed by atoms with Crippen LogP contribution >= 0.6 is 0 Å². The van der Waals surface area contributed by atoms with Crippen molar-refractivity contribution in [1.29, 1.82) is 0 Å². The number of nitrogens with one attached hydrogen (secondary N) is 2. The lowest BCUT2D eigenvalue weighted by atomic mass is 10.2. The van der Waals surface area contributed by atoms with Gasteiger partial charge >= 0.3 is 5.97 Å². The van der Waals surface area contributed by atoms with Crippen LogP contribution in [-0.4, -0.2) is 52.7 Å². The molecule has 0 aromatic heterocycles. The number of hydrogen-bond acceptors (Lipinski definition) is 6. The summed E-state index contributed by atoms with van der Waals surface area (Å²) in [5.74, 6) is -0.800. The van der Waals surface area contributed by atoms with Crippen LogP contribution in [0.4, 0.5) is 0 Å². The molecule has 0 heterocycles. The number of esters is 1. The van der Waals surface area contributed by atoms with Crippen LogP contribution < -0.4 is 10.0 Å². The van der Waals surface area contributed by atoms with Crippen LogP contribution in [0.15, 0.2) is 29.2 Å². The van der Waals surface area contributed by atoms with Gasteiger partial charge in [-0.3, -0.25) is 4.79 Å². The van der Waals surface area contributed by atoms with E-state index in [1.807, 2.05) is 13.8 Å². The van der Waals surface area contributed by atoms with Crippen LogP contribution in [0.1, 0.15) is 38.1 Å². The van der Waals surface area contributed by atoms with Crippen LogP contribution in [0.3, 0.4) is 0 Å². The molecule has 0 unspecified atom stereocenters. The maximum absolute atomic E-state index is 12.3. The molecule has 1 aromatic rings. The largest absolute Gasteiger partial charge is 0.449 e. The molecule has 0 saturated carbocycles. The van der Waals surface area contributed by atoms with Crippen molar-refractivity contribution in [2.24, 2.45) is 5.92 Å². The Morgan fingerprint density at radius 2 is 1.67 bits per heavy atom. The Morgan fingerprint density at radius 3 is 2.19 bits per heavy atom. The Morgan fingerprint density at radius 1 is 1.07 bits per heavy atom. The van der Waals surface area contributed by atoms with Crippen LogP contribution in [0.5, 0.6) is 0 Å². The van der Waals surface area contributed by atoms with E-state index in [0.717, 1.165) is 0 Å². The Hall–Kier alpha value is -1.97. The smallest absolute Gasteiger partial charge is 0.338 e. The number of rotatable bonds is 10. The highest BCUT2D eigenvalue weighted by molar-refractivity contribution is 7.89. The molecular weight excluding hydrogens is 372 g/mol. The monoisotopic (exact) mass is 400 g/mol. The maximum atomic E-state index is 12.3. The van der Waals surface area contributed by atoms with Gasteiger partial charge in [0.1, 0.15) is 0 Å². The van der Waals surface area contributed by atoms with Crippen LogP contribution in [0, 0.1) is 5.92 Å². The van der Waals surface area contributed by atoms with Gasteiger partial charge in [-0.25, -0.2) is 17.9 Å². The summed E-state index contributed by atoms with van der Waals surface area (Å²) < 4.78 is 37.0. The summed E-state index contributed by atoms with van der Waals surface area (Å²) >= 11 is 0. The number of sulfonamides is 1. The molecule has 2 N–H and O–H groups in total. The fourth-order valence-electron chi connectivity index (χ4n) is 2.12. The second-order valence-corrected chi connectivity index (χ2v) is 8.40. The summed E-state index contributed by atoms with van der Waals surface area (Å²) in [6.07, 6.45) is -0.948. The Bertz CT molecular complexity index is 731. The summed E-state index contributed by atoms with van der Waals surface area (Å²) in [7, 11) is -2.24. The first-order valence-electron chi connectivity index (χ1n) is 8.66. The predicted molar refractivity (Wildman–Crippen MR) is 101 cm³/mol. The number of carbonyl (C=O) groups excluding carboxylic acids is 2. The zero-order valence-corrected chi connectivity index (χ0v) is 17.1. The fourth-order valence-corrected chi connectivity index (χ4v) is 3.35. The molecule has 9 heteroatoms. The SMILES string of the molecule is COC[C@H](C)NS(=O)(=O)c1ccc(C(=O)O[C@@H](C)C(=O)NCC(C)C)cc1. The topological polar surface area (TPSA) is 111 Å². The zero-order chi connectivity index (χ0) is 20.6. The molecule has 2 atom stereocenters. The minimum absolute atomic E-state index is 0.0183. The van der Waals surface area contributed by atoms with Gasteiger partial charge in [0.25, 0.3) is 5.91 Å². The molecule has 0 aliphatic rings. The summed E-state index contributed by atoms with van der Waals surface area (Å²) in [6, 6.07) is 4.91. The number of benzene rings is 1. The van der Waals surface area contributed by atoms with E-state index in [0.29, 0.717) is 6.54 Å². The molecule has 0 aliphatic heterocycles. The van der Waals surface area contributed by atoms with Gasteiger partial charge in [0.15, 0.2) is 6.10 Å².